The topological polar surface area (TPSA) is 91.4 Å². The Labute approximate surface area is 155 Å². The predicted molar refractivity (Wildman–Crippen MR) is 102 cm³/mol. The molecule has 0 radical (unpaired) electrons. The van der Waals surface area contributed by atoms with Crippen molar-refractivity contribution < 1.29 is 13.2 Å². The minimum absolute atomic E-state index is 0.182. The van der Waals surface area contributed by atoms with Gasteiger partial charge in [0.25, 0.3) is 5.91 Å². The number of amides is 1. The molecule has 0 bridgehead atoms. The third-order valence-corrected chi connectivity index (χ3v) is 7.27. The fraction of sp³-hybridized carbons (Fsp3) is 0.667. The van der Waals surface area contributed by atoms with Gasteiger partial charge < -0.3 is 10.6 Å². The third-order valence-electron chi connectivity index (χ3n) is 4.87. The maximum Gasteiger partial charge on any atom is 0.254 e. The van der Waals surface area contributed by atoms with Crippen LogP contribution in [0.3, 0.4) is 0 Å². The van der Waals surface area contributed by atoms with Gasteiger partial charge in [0.05, 0.1) is 10.8 Å². The van der Waals surface area contributed by atoms with Gasteiger partial charge in [-0.05, 0) is 36.8 Å². The molecule has 7 nitrogen and oxygen atoms in total. The molecule has 2 N–H and O–H groups in total. The number of hydrogen-bond donors (Lipinski definition) is 2. The summed E-state index contributed by atoms with van der Waals surface area (Å²) in [6.45, 7) is 5.83. The zero-order chi connectivity index (χ0) is 18.9. The highest BCUT2D eigenvalue weighted by molar-refractivity contribution is 7.90. The summed E-state index contributed by atoms with van der Waals surface area (Å²) in [5, 5.41) is 5.73. The Hall–Kier alpha value is -1.67. The minimum Gasteiger partial charge on any atom is -0.369 e. The van der Waals surface area contributed by atoms with Crippen molar-refractivity contribution in [2.75, 3.05) is 32.0 Å². The number of pyridine rings is 1. The van der Waals surface area contributed by atoms with E-state index in [9.17, 15) is 13.2 Å². The summed E-state index contributed by atoms with van der Waals surface area (Å²) >= 11 is 0. The van der Waals surface area contributed by atoms with E-state index in [2.05, 4.69) is 24.5 Å². The highest BCUT2D eigenvalue weighted by Crippen LogP contribution is 2.32. The van der Waals surface area contributed by atoms with Crippen molar-refractivity contribution >= 4 is 21.7 Å². The molecule has 26 heavy (non-hydrogen) atoms. The molecule has 1 aliphatic carbocycles. The molecule has 8 heteroatoms. The lowest BCUT2D eigenvalue weighted by Gasteiger charge is -2.19. The molecular weight excluding hydrogens is 352 g/mol. The van der Waals surface area contributed by atoms with E-state index >= 15 is 0 Å². The summed E-state index contributed by atoms with van der Waals surface area (Å²) in [5.41, 5.74) is 2.37. The first-order valence-corrected chi connectivity index (χ1v) is 10.8. The molecule has 2 aliphatic rings. The van der Waals surface area contributed by atoms with Crippen molar-refractivity contribution in [2.24, 2.45) is 5.92 Å². The highest BCUT2D eigenvalue weighted by atomic mass is 32.2. The molecule has 1 fully saturated rings. The van der Waals surface area contributed by atoms with Gasteiger partial charge in [-0.3, -0.25) is 4.79 Å². The molecule has 1 amide bonds. The number of hydrogen-bond acceptors (Lipinski definition) is 5. The number of rotatable bonds is 6. The highest BCUT2D eigenvalue weighted by Gasteiger charge is 2.40. The van der Waals surface area contributed by atoms with Crippen LogP contribution in [0.25, 0.3) is 0 Å². The van der Waals surface area contributed by atoms with Crippen molar-refractivity contribution in [3.8, 4) is 0 Å². The van der Waals surface area contributed by atoms with Crippen LogP contribution in [0, 0.1) is 5.92 Å². The number of aromatic nitrogens is 1. The zero-order valence-corrected chi connectivity index (χ0v) is 16.5. The summed E-state index contributed by atoms with van der Waals surface area (Å²) < 4.78 is 26.7. The average Bonchev–Trinajstić information content (AvgIpc) is 3.45. The van der Waals surface area contributed by atoms with E-state index < -0.39 is 10.0 Å². The fourth-order valence-electron chi connectivity index (χ4n) is 3.19. The van der Waals surface area contributed by atoms with Gasteiger partial charge in [0, 0.05) is 38.8 Å². The van der Waals surface area contributed by atoms with Crippen LogP contribution in [0.4, 0.5) is 5.82 Å². The Kier molecular flexibility index (Phi) is 5.53. The van der Waals surface area contributed by atoms with Crippen LogP contribution in [0.15, 0.2) is 6.07 Å². The van der Waals surface area contributed by atoms with Crippen LogP contribution in [0.2, 0.25) is 0 Å². The number of carbonyl (C=O) groups is 1. The van der Waals surface area contributed by atoms with Crippen LogP contribution in [-0.4, -0.2) is 55.5 Å². The molecule has 1 aliphatic heterocycles. The number of carbonyl (C=O) groups excluding carboxylic acids is 1. The van der Waals surface area contributed by atoms with Gasteiger partial charge in [-0.2, -0.15) is 0 Å². The third kappa shape index (κ3) is 4.01. The van der Waals surface area contributed by atoms with E-state index in [-0.39, 0.29) is 11.2 Å². The van der Waals surface area contributed by atoms with Crippen molar-refractivity contribution in [2.45, 2.75) is 44.8 Å². The first-order chi connectivity index (χ1) is 12.3. The number of anilines is 1. The van der Waals surface area contributed by atoms with E-state index in [1.807, 2.05) is 6.07 Å². The molecule has 1 saturated carbocycles. The second kappa shape index (κ2) is 7.52. The Morgan fingerprint density at radius 2 is 2.00 bits per heavy atom. The van der Waals surface area contributed by atoms with Gasteiger partial charge in [-0.15, -0.1) is 0 Å². The maximum atomic E-state index is 12.5. The first-order valence-electron chi connectivity index (χ1n) is 9.30. The quantitative estimate of drug-likeness (QED) is 0.778. The van der Waals surface area contributed by atoms with Crippen LogP contribution in [0.5, 0.6) is 0 Å². The second-order valence-corrected chi connectivity index (χ2v) is 9.70. The molecule has 1 aromatic rings. The minimum atomic E-state index is -3.18. The normalized spacial score (nSPS) is 18.3. The van der Waals surface area contributed by atoms with Gasteiger partial charge >= 0.3 is 0 Å². The smallest absolute Gasteiger partial charge is 0.254 e. The number of fused-ring (bicyclic) bond motifs is 1. The van der Waals surface area contributed by atoms with E-state index in [1.165, 1.54) is 0 Å². The molecule has 0 saturated heterocycles. The largest absolute Gasteiger partial charge is 0.369 e. The fourth-order valence-corrected chi connectivity index (χ4v) is 5.03. The van der Waals surface area contributed by atoms with Crippen LogP contribution >= 0.6 is 0 Å². The van der Waals surface area contributed by atoms with E-state index in [1.54, 1.807) is 11.4 Å². The van der Waals surface area contributed by atoms with Gasteiger partial charge in [-0.25, -0.2) is 17.7 Å². The van der Waals surface area contributed by atoms with Crippen LogP contribution in [-0.2, 0) is 22.9 Å². The zero-order valence-electron chi connectivity index (χ0n) is 15.7. The monoisotopic (exact) mass is 380 g/mol. The van der Waals surface area contributed by atoms with Crippen molar-refractivity contribution in [3.05, 3.63) is 22.9 Å². The Morgan fingerprint density at radius 3 is 2.62 bits per heavy atom. The molecule has 0 atom stereocenters. The van der Waals surface area contributed by atoms with Gasteiger partial charge in [0.2, 0.25) is 10.0 Å². The maximum absolute atomic E-state index is 12.5. The number of nitrogens with zero attached hydrogens (tertiary/aromatic N) is 2. The second-order valence-electron chi connectivity index (χ2n) is 7.49. The SMILES string of the molecule is CNC(=O)c1cc2c(nc1NCC(C)C)CCN(S(=O)(=O)C1CC1)CC2. The predicted octanol–water partition coefficient (Wildman–Crippen LogP) is 1.40. The molecule has 1 aromatic heterocycles. The molecule has 0 spiro atoms. The lowest BCUT2D eigenvalue weighted by Crippen LogP contribution is -2.35. The van der Waals surface area contributed by atoms with Crippen LogP contribution < -0.4 is 10.6 Å². The lowest BCUT2D eigenvalue weighted by atomic mass is 10.0. The standard InChI is InChI=1S/C18H28N4O3S/c1-12(2)11-20-17-15(18(23)19-3)10-13-6-8-22(9-7-16(13)21-17)26(24,25)14-4-5-14/h10,12,14H,4-9,11H2,1-3H3,(H,19,23)(H,20,21). The van der Waals surface area contributed by atoms with Crippen molar-refractivity contribution in [1.82, 2.24) is 14.6 Å². The van der Waals surface area contributed by atoms with Crippen molar-refractivity contribution in [1.29, 1.82) is 0 Å². The van der Waals surface area contributed by atoms with E-state index in [0.29, 0.717) is 43.2 Å². The van der Waals surface area contributed by atoms with E-state index in [4.69, 9.17) is 4.98 Å². The molecular formula is C18H28N4O3S. The summed E-state index contributed by atoms with van der Waals surface area (Å²) in [4.78, 5) is 17.0. The van der Waals surface area contributed by atoms with Crippen molar-refractivity contribution in [3.63, 3.8) is 0 Å². The van der Waals surface area contributed by atoms with Gasteiger partial charge in [-0.1, -0.05) is 13.8 Å². The van der Waals surface area contributed by atoms with Gasteiger partial charge in [0.1, 0.15) is 5.82 Å². The first kappa shape index (κ1) is 19.1. The molecule has 0 aromatic carbocycles. The van der Waals surface area contributed by atoms with E-state index in [0.717, 1.165) is 30.6 Å². The molecule has 144 valence electrons. The summed E-state index contributed by atoms with van der Waals surface area (Å²) in [6.07, 6.45) is 2.71. The Bertz CT molecular complexity index is 788. The summed E-state index contributed by atoms with van der Waals surface area (Å²) in [7, 11) is -1.58. The van der Waals surface area contributed by atoms with Gasteiger partial charge in [0.15, 0.2) is 0 Å². The number of nitrogens with one attached hydrogen (secondary N) is 2. The Balaban J connectivity index is 1.87. The average molecular weight is 381 g/mol. The Morgan fingerprint density at radius 1 is 1.31 bits per heavy atom. The number of sulfonamides is 1. The summed E-state index contributed by atoms with van der Waals surface area (Å²) in [6, 6.07) is 1.87. The van der Waals surface area contributed by atoms with Crippen LogP contribution in [0.1, 0.15) is 48.3 Å². The summed E-state index contributed by atoms with van der Waals surface area (Å²) in [5.74, 6) is 0.820. The molecule has 0 unspecified atom stereocenters. The molecule has 3 rings (SSSR count). The lowest BCUT2D eigenvalue weighted by molar-refractivity contribution is 0.0963. The molecule has 2 heterocycles.